The molecule has 0 aromatic heterocycles. The Hall–Kier alpha value is -2.04. The van der Waals surface area contributed by atoms with E-state index < -0.39 is 11.4 Å². The molecule has 1 aromatic carbocycles. The lowest BCUT2D eigenvalue weighted by molar-refractivity contribution is -0.150. The van der Waals surface area contributed by atoms with Gasteiger partial charge in [-0.2, -0.15) is 0 Å². The highest BCUT2D eigenvalue weighted by atomic mass is 16.4. The van der Waals surface area contributed by atoms with Crippen molar-refractivity contribution in [2.45, 2.75) is 26.2 Å². The molecule has 1 fully saturated rings. The molecule has 2 aliphatic heterocycles. The van der Waals surface area contributed by atoms with Gasteiger partial charge in [-0.1, -0.05) is 0 Å². The average molecular weight is 288 g/mol. The van der Waals surface area contributed by atoms with Crippen LogP contribution in [0.15, 0.2) is 18.2 Å². The number of amides is 1. The second kappa shape index (κ2) is 5.06. The van der Waals surface area contributed by atoms with Crippen molar-refractivity contribution in [3.8, 4) is 0 Å². The molecule has 2 heterocycles. The molecule has 3 rings (SSSR count). The quantitative estimate of drug-likeness (QED) is 0.873. The van der Waals surface area contributed by atoms with Gasteiger partial charge in [-0.05, 0) is 49.9 Å². The van der Waals surface area contributed by atoms with Gasteiger partial charge in [0.1, 0.15) is 0 Å². The summed E-state index contributed by atoms with van der Waals surface area (Å²) in [4.78, 5) is 25.7. The summed E-state index contributed by atoms with van der Waals surface area (Å²) in [5, 5.41) is 12.6. The number of hydrogen-bond donors (Lipinski definition) is 2. The van der Waals surface area contributed by atoms with E-state index in [1.165, 1.54) is 5.56 Å². The van der Waals surface area contributed by atoms with Gasteiger partial charge in [0.15, 0.2) is 0 Å². The number of nitrogens with one attached hydrogen (secondary N) is 1. The zero-order valence-corrected chi connectivity index (χ0v) is 12.2. The Morgan fingerprint density at radius 2 is 2.19 bits per heavy atom. The molecule has 0 aliphatic carbocycles. The number of carboxylic acid groups (broad SMARTS) is 1. The molecule has 1 saturated heterocycles. The van der Waals surface area contributed by atoms with Crippen molar-refractivity contribution in [3.05, 3.63) is 29.3 Å². The summed E-state index contributed by atoms with van der Waals surface area (Å²) >= 11 is 0. The Kier molecular flexibility index (Phi) is 3.35. The van der Waals surface area contributed by atoms with Gasteiger partial charge in [-0.25, -0.2) is 0 Å². The van der Waals surface area contributed by atoms with Crippen molar-refractivity contribution >= 4 is 17.6 Å². The summed E-state index contributed by atoms with van der Waals surface area (Å²) in [6.07, 6.45) is 2.30. The van der Waals surface area contributed by atoms with Crippen LogP contribution in [0.5, 0.6) is 0 Å². The highest BCUT2D eigenvalue weighted by Crippen LogP contribution is 2.31. The average Bonchev–Trinajstić information content (AvgIpc) is 2.93. The van der Waals surface area contributed by atoms with Gasteiger partial charge in [0.2, 0.25) is 0 Å². The van der Waals surface area contributed by atoms with Crippen LogP contribution < -0.4 is 5.32 Å². The first-order valence-corrected chi connectivity index (χ1v) is 7.39. The summed E-state index contributed by atoms with van der Waals surface area (Å²) < 4.78 is 0. The highest BCUT2D eigenvalue weighted by Gasteiger charge is 2.39. The normalized spacial score (nSPS) is 24.3. The third kappa shape index (κ3) is 2.48. The van der Waals surface area contributed by atoms with Gasteiger partial charge in [0.25, 0.3) is 5.91 Å². The topological polar surface area (TPSA) is 69.6 Å². The second-order valence-corrected chi connectivity index (χ2v) is 6.24. The van der Waals surface area contributed by atoms with Crippen LogP contribution in [0.2, 0.25) is 0 Å². The minimum absolute atomic E-state index is 0.0584. The standard InChI is InChI=1S/C16H20N2O3/c1-16(15(20)21)6-2-8-18(10-16)14(19)12-3-4-13-11(9-12)5-7-17-13/h3-4,9,17H,2,5-8,10H2,1H3,(H,20,21). The van der Waals surface area contributed by atoms with E-state index in [-0.39, 0.29) is 12.5 Å². The van der Waals surface area contributed by atoms with Crippen LogP contribution in [0.1, 0.15) is 35.7 Å². The Morgan fingerprint density at radius 1 is 1.38 bits per heavy atom. The first kappa shape index (κ1) is 13.9. The molecule has 112 valence electrons. The van der Waals surface area contributed by atoms with Crippen molar-refractivity contribution in [2.75, 3.05) is 25.0 Å². The third-order valence-electron chi connectivity index (χ3n) is 4.56. The van der Waals surface area contributed by atoms with Crippen LogP contribution in [0.4, 0.5) is 5.69 Å². The molecule has 0 radical (unpaired) electrons. The maximum Gasteiger partial charge on any atom is 0.311 e. The first-order valence-electron chi connectivity index (χ1n) is 7.39. The maximum atomic E-state index is 12.6. The molecule has 0 saturated carbocycles. The maximum absolute atomic E-state index is 12.6. The summed E-state index contributed by atoms with van der Waals surface area (Å²) in [6.45, 7) is 3.56. The number of anilines is 1. The number of likely N-dealkylation sites (tertiary alicyclic amines) is 1. The third-order valence-corrected chi connectivity index (χ3v) is 4.56. The number of benzene rings is 1. The fourth-order valence-corrected chi connectivity index (χ4v) is 3.21. The van der Waals surface area contributed by atoms with Crippen LogP contribution in [0.25, 0.3) is 0 Å². The lowest BCUT2D eigenvalue weighted by Crippen LogP contribution is -2.48. The molecule has 1 unspecified atom stereocenters. The number of carboxylic acids is 1. The van der Waals surface area contributed by atoms with Gasteiger partial charge in [0, 0.05) is 30.9 Å². The van der Waals surface area contributed by atoms with Crippen molar-refractivity contribution in [2.24, 2.45) is 5.41 Å². The van der Waals surface area contributed by atoms with E-state index in [1.54, 1.807) is 11.8 Å². The fraction of sp³-hybridized carbons (Fsp3) is 0.500. The van der Waals surface area contributed by atoms with Gasteiger partial charge in [-0.15, -0.1) is 0 Å². The molecular weight excluding hydrogens is 268 g/mol. The number of carbonyl (C=O) groups is 2. The van der Waals surface area contributed by atoms with E-state index in [1.807, 2.05) is 18.2 Å². The molecule has 0 spiro atoms. The van der Waals surface area contributed by atoms with Crippen molar-refractivity contribution in [1.82, 2.24) is 4.90 Å². The van der Waals surface area contributed by atoms with Crippen LogP contribution in [-0.4, -0.2) is 41.5 Å². The van der Waals surface area contributed by atoms with Crippen LogP contribution in [-0.2, 0) is 11.2 Å². The van der Waals surface area contributed by atoms with Gasteiger partial charge in [0.05, 0.1) is 5.41 Å². The predicted molar refractivity (Wildman–Crippen MR) is 79.5 cm³/mol. The lowest BCUT2D eigenvalue weighted by atomic mass is 9.82. The number of piperidine rings is 1. The van der Waals surface area contributed by atoms with E-state index in [4.69, 9.17) is 0 Å². The van der Waals surface area contributed by atoms with Gasteiger partial charge in [-0.3, -0.25) is 9.59 Å². The molecule has 1 aromatic rings. The summed E-state index contributed by atoms with van der Waals surface area (Å²) in [6, 6.07) is 5.70. The van der Waals surface area contributed by atoms with Crippen LogP contribution in [0.3, 0.4) is 0 Å². The minimum Gasteiger partial charge on any atom is -0.481 e. The van der Waals surface area contributed by atoms with E-state index in [0.29, 0.717) is 18.5 Å². The Labute approximate surface area is 123 Å². The molecule has 1 atom stereocenters. The molecule has 1 amide bonds. The lowest BCUT2D eigenvalue weighted by Gasteiger charge is -2.37. The predicted octanol–water partition coefficient (Wildman–Crippen LogP) is 1.98. The molecule has 2 aliphatic rings. The number of rotatable bonds is 2. The smallest absolute Gasteiger partial charge is 0.311 e. The first-order chi connectivity index (χ1) is 9.99. The van der Waals surface area contributed by atoms with Crippen LogP contribution in [0, 0.1) is 5.41 Å². The molecule has 0 bridgehead atoms. The highest BCUT2D eigenvalue weighted by molar-refractivity contribution is 5.95. The largest absolute Gasteiger partial charge is 0.481 e. The van der Waals surface area contributed by atoms with E-state index in [0.717, 1.165) is 25.1 Å². The van der Waals surface area contributed by atoms with Gasteiger partial charge < -0.3 is 15.3 Å². The Bertz CT molecular complexity index is 599. The van der Waals surface area contributed by atoms with Gasteiger partial charge >= 0.3 is 5.97 Å². The molecule has 21 heavy (non-hydrogen) atoms. The van der Waals surface area contributed by atoms with Crippen LogP contribution >= 0.6 is 0 Å². The molecule has 2 N–H and O–H groups in total. The summed E-state index contributed by atoms with van der Waals surface area (Å²) in [5.74, 6) is -0.880. The number of hydrogen-bond acceptors (Lipinski definition) is 3. The number of nitrogens with zero attached hydrogens (tertiary/aromatic N) is 1. The van der Waals surface area contributed by atoms with Crippen molar-refractivity contribution in [1.29, 1.82) is 0 Å². The van der Waals surface area contributed by atoms with E-state index >= 15 is 0 Å². The SMILES string of the molecule is CC1(C(=O)O)CCCN(C(=O)c2ccc3c(c2)CCN3)C1. The molecule has 5 nitrogen and oxygen atoms in total. The Balaban J connectivity index is 1.80. The van der Waals surface area contributed by atoms with E-state index in [9.17, 15) is 14.7 Å². The monoisotopic (exact) mass is 288 g/mol. The molecular formula is C16H20N2O3. The fourth-order valence-electron chi connectivity index (χ4n) is 3.21. The van der Waals surface area contributed by atoms with Crippen molar-refractivity contribution < 1.29 is 14.7 Å². The Morgan fingerprint density at radius 3 is 2.95 bits per heavy atom. The number of aliphatic carboxylic acids is 1. The van der Waals surface area contributed by atoms with E-state index in [2.05, 4.69) is 5.32 Å². The minimum atomic E-state index is -0.827. The summed E-state index contributed by atoms with van der Waals surface area (Å²) in [7, 11) is 0. The number of fused-ring (bicyclic) bond motifs is 1. The second-order valence-electron chi connectivity index (χ2n) is 6.24. The zero-order chi connectivity index (χ0) is 15.0. The summed E-state index contributed by atoms with van der Waals surface area (Å²) in [5.41, 5.74) is 2.10. The van der Waals surface area contributed by atoms with Crippen molar-refractivity contribution in [3.63, 3.8) is 0 Å². The zero-order valence-electron chi connectivity index (χ0n) is 12.2. The molecule has 5 heteroatoms. The number of carbonyl (C=O) groups excluding carboxylic acids is 1.